The van der Waals surface area contributed by atoms with Gasteiger partial charge >= 0.3 is 0 Å². The summed E-state index contributed by atoms with van der Waals surface area (Å²) in [5, 5.41) is 2.93. The molecule has 0 aliphatic heterocycles. The van der Waals surface area contributed by atoms with Gasteiger partial charge in [-0.15, -0.1) is 0 Å². The minimum absolute atomic E-state index is 0.103. The maximum atomic E-state index is 12.3. The molecule has 0 spiro atoms. The molecule has 2 aromatic carbocycles. The van der Waals surface area contributed by atoms with Gasteiger partial charge in [0.25, 0.3) is 5.91 Å². The van der Waals surface area contributed by atoms with Crippen molar-refractivity contribution in [2.24, 2.45) is 0 Å². The molecule has 0 aliphatic rings. The van der Waals surface area contributed by atoms with Crippen molar-refractivity contribution >= 4 is 5.91 Å². The molecule has 0 fully saturated rings. The minimum atomic E-state index is -0.103. The first-order chi connectivity index (χ1) is 11.2. The second-order valence-electron chi connectivity index (χ2n) is 5.25. The Morgan fingerprint density at radius 3 is 2.61 bits per heavy atom. The van der Waals surface area contributed by atoms with Crippen molar-refractivity contribution in [2.75, 3.05) is 13.7 Å². The van der Waals surface area contributed by atoms with E-state index >= 15 is 0 Å². The van der Waals surface area contributed by atoms with Crippen molar-refractivity contribution in [2.45, 2.75) is 26.5 Å². The van der Waals surface area contributed by atoms with Gasteiger partial charge in [0.2, 0.25) is 0 Å². The minimum Gasteiger partial charge on any atom is -0.496 e. The molecule has 2 aromatic rings. The predicted octanol–water partition coefficient (Wildman–Crippen LogP) is 3.55. The summed E-state index contributed by atoms with van der Waals surface area (Å²) in [6.07, 6.45) is 0.958. The molecule has 0 bridgehead atoms. The highest BCUT2D eigenvalue weighted by Crippen LogP contribution is 2.21. The van der Waals surface area contributed by atoms with E-state index in [2.05, 4.69) is 12.2 Å². The van der Waals surface area contributed by atoms with Gasteiger partial charge in [-0.2, -0.15) is 0 Å². The van der Waals surface area contributed by atoms with E-state index in [1.807, 2.05) is 42.5 Å². The first-order valence-electron chi connectivity index (χ1n) is 7.81. The average molecular weight is 313 g/mol. The van der Waals surface area contributed by atoms with Crippen LogP contribution in [-0.2, 0) is 17.9 Å². The fourth-order valence-corrected chi connectivity index (χ4v) is 2.24. The van der Waals surface area contributed by atoms with Crippen LogP contribution >= 0.6 is 0 Å². The summed E-state index contributed by atoms with van der Waals surface area (Å²) < 4.78 is 10.9. The second kappa shape index (κ2) is 8.96. The van der Waals surface area contributed by atoms with Crippen molar-refractivity contribution in [3.63, 3.8) is 0 Å². The third-order valence-electron chi connectivity index (χ3n) is 3.44. The third kappa shape index (κ3) is 5.11. The Bertz CT molecular complexity index is 626. The summed E-state index contributed by atoms with van der Waals surface area (Å²) in [6, 6.07) is 15.2. The van der Waals surface area contributed by atoms with Gasteiger partial charge in [0.1, 0.15) is 5.75 Å². The van der Waals surface area contributed by atoms with Gasteiger partial charge < -0.3 is 14.8 Å². The van der Waals surface area contributed by atoms with Gasteiger partial charge in [0.05, 0.1) is 13.7 Å². The summed E-state index contributed by atoms with van der Waals surface area (Å²) in [7, 11) is 1.62. The lowest BCUT2D eigenvalue weighted by Crippen LogP contribution is -2.23. The second-order valence-corrected chi connectivity index (χ2v) is 5.25. The molecule has 23 heavy (non-hydrogen) atoms. The van der Waals surface area contributed by atoms with Crippen LogP contribution in [0.4, 0.5) is 0 Å². The van der Waals surface area contributed by atoms with Gasteiger partial charge in [-0.3, -0.25) is 4.79 Å². The summed E-state index contributed by atoms with van der Waals surface area (Å²) in [5.74, 6) is 0.633. The summed E-state index contributed by atoms with van der Waals surface area (Å²) in [5.41, 5.74) is 2.56. The topological polar surface area (TPSA) is 47.6 Å². The fourth-order valence-electron chi connectivity index (χ4n) is 2.24. The zero-order valence-corrected chi connectivity index (χ0v) is 13.7. The number of methoxy groups -OCH3 is 1. The molecule has 4 heteroatoms. The monoisotopic (exact) mass is 313 g/mol. The Labute approximate surface area is 137 Å². The maximum absolute atomic E-state index is 12.3. The Morgan fingerprint density at radius 2 is 1.91 bits per heavy atom. The van der Waals surface area contributed by atoms with Crippen LogP contribution in [0.5, 0.6) is 5.75 Å². The molecular formula is C19H23NO3. The molecule has 0 aliphatic carbocycles. The quantitative estimate of drug-likeness (QED) is 0.758. The number of hydrogen-bond acceptors (Lipinski definition) is 3. The fraction of sp³-hybridized carbons (Fsp3) is 0.316. The first kappa shape index (κ1) is 17.0. The van der Waals surface area contributed by atoms with Crippen molar-refractivity contribution < 1.29 is 14.3 Å². The van der Waals surface area contributed by atoms with Crippen LogP contribution in [0.25, 0.3) is 0 Å². The van der Waals surface area contributed by atoms with Crippen LogP contribution in [0.3, 0.4) is 0 Å². The van der Waals surface area contributed by atoms with E-state index in [9.17, 15) is 4.79 Å². The molecular weight excluding hydrogens is 290 g/mol. The Morgan fingerprint density at radius 1 is 1.13 bits per heavy atom. The highest BCUT2D eigenvalue weighted by atomic mass is 16.5. The molecule has 0 saturated heterocycles. The molecule has 1 N–H and O–H groups in total. The van der Waals surface area contributed by atoms with Crippen molar-refractivity contribution in [1.82, 2.24) is 5.32 Å². The molecule has 0 saturated carbocycles. The summed E-state index contributed by atoms with van der Waals surface area (Å²) >= 11 is 0. The van der Waals surface area contributed by atoms with E-state index in [1.54, 1.807) is 13.2 Å². The van der Waals surface area contributed by atoms with Crippen LogP contribution in [0.15, 0.2) is 48.5 Å². The molecule has 0 aromatic heterocycles. The first-order valence-corrected chi connectivity index (χ1v) is 7.81. The summed E-state index contributed by atoms with van der Waals surface area (Å²) in [4.78, 5) is 12.3. The van der Waals surface area contributed by atoms with Gasteiger partial charge in [-0.1, -0.05) is 37.3 Å². The molecule has 2 rings (SSSR count). The molecule has 0 atom stereocenters. The molecule has 1 amide bonds. The van der Waals surface area contributed by atoms with Gasteiger partial charge in [0.15, 0.2) is 0 Å². The smallest absolute Gasteiger partial charge is 0.251 e. The van der Waals surface area contributed by atoms with E-state index in [1.165, 1.54) is 0 Å². The van der Waals surface area contributed by atoms with Crippen LogP contribution in [0.1, 0.15) is 34.8 Å². The number of carbonyl (C=O) groups is 1. The van der Waals surface area contributed by atoms with Crippen LogP contribution in [0, 0.1) is 0 Å². The lowest BCUT2D eigenvalue weighted by Gasteiger charge is -2.11. The highest BCUT2D eigenvalue weighted by molar-refractivity contribution is 5.94. The van der Waals surface area contributed by atoms with Gasteiger partial charge in [-0.25, -0.2) is 0 Å². The molecule has 0 unspecified atom stereocenters. The zero-order valence-electron chi connectivity index (χ0n) is 13.7. The van der Waals surface area contributed by atoms with Gasteiger partial charge in [0, 0.05) is 24.3 Å². The normalized spacial score (nSPS) is 10.3. The average Bonchev–Trinajstić information content (AvgIpc) is 2.60. The zero-order chi connectivity index (χ0) is 16.5. The number of hydrogen-bond donors (Lipinski definition) is 1. The van der Waals surface area contributed by atoms with Crippen molar-refractivity contribution in [3.05, 3.63) is 65.2 Å². The molecule has 0 heterocycles. The maximum Gasteiger partial charge on any atom is 0.251 e. The predicted molar refractivity (Wildman–Crippen MR) is 90.6 cm³/mol. The van der Waals surface area contributed by atoms with Gasteiger partial charge in [-0.05, 0) is 30.2 Å². The molecule has 0 radical (unpaired) electrons. The van der Waals surface area contributed by atoms with E-state index in [-0.39, 0.29) is 5.91 Å². The van der Waals surface area contributed by atoms with Crippen LogP contribution < -0.4 is 10.1 Å². The number of carbonyl (C=O) groups excluding carboxylic acids is 1. The largest absolute Gasteiger partial charge is 0.496 e. The Hall–Kier alpha value is -2.33. The molecule has 4 nitrogen and oxygen atoms in total. The standard InChI is InChI=1S/C19H23NO3/c1-3-11-23-14-17-12-16(9-10-18(17)22-2)19(21)20-13-15-7-5-4-6-8-15/h4-10,12H,3,11,13-14H2,1-2H3,(H,20,21). The number of amides is 1. The van der Waals surface area contributed by atoms with E-state index < -0.39 is 0 Å². The number of ether oxygens (including phenoxy) is 2. The van der Waals surface area contributed by atoms with Crippen LogP contribution in [0.2, 0.25) is 0 Å². The van der Waals surface area contributed by atoms with Crippen molar-refractivity contribution in [1.29, 1.82) is 0 Å². The lowest BCUT2D eigenvalue weighted by molar-refractivity contribution is 0.0950. The third-order valence-corrected chi connectivity index (χ3v) is 3.44. The van der Waals surface area contributed by atoms with E-state index in [4.69, 9.17) is 9.47 Å². The van der Waals surface area contributed by atoms with Crippen molar-refractivity contribution in [3.8, 4) is 5.75 Å². The molecule has 122 valence electrons. The number of nitrogens with one attached hydrogen (secondary N) is 1. The van der Waals surface area contributed by atoms with Crippen LogP contribution in [-0.4, -0.2) is 19.6 Å². The van der Waals surface area contributed by atoms with E-state index in [0.717, 1.165) is 23.3 Å². The SMILES string of the molecule is CCCOCc1cc(C(=O)NCc2ccccc2)ccc1OC. The van der Waals surface area contributed by atoms with E-state index in [0.29, 0.717) is 25.3 Å². The lowest BCUT2D eigenvalue weighted by atomic mass is 10.1. The summed E-state index contributed by atoms with van der Waals surface area (Å²) in [6.45, 7) is 3.70. The number of rotatable bonds is 8. The Kier molecular flexibility index (Phi) is 6.63. The number of benzene rings is 2. The highest BCUT2D eigenvalue weighted by Gasteiger charge is 2.10. The Balaban J connectivity index is 2.03.